The van der Waals surface area contributed by atoms with Crippen molar-refractivity contribution >= 4 is 16.8 Å². The van der Waals surface area contributed by atoms with Gasteiger partial charge >= 0.3 is 0 Å². The Hall–Kier alpha value is -2.90. The average molecular weight is 493 g/mol. The number of nitrogens with zero attached hydrogens (tertiary/aromatic N) is 3. The van der Waals surface area contributed by atoms with Gasteiger partial charge in [0, 0.05) is 75.3 Å². The Balaban J connectivity index is 0.000000325. The monoisotopic (exact) mass is 492 g/mol. The fourth-order valence-electron chi connectivity index (χ4n) is 4.88. The lowest BCUT2D eigenvalue weighted by Crippen LogP contribution is -2.43. The summed E-state index contributed by atoms with van der Waals surface area (Å²) in [5.74, 6) is 0.497. The number of pyridine rings is 1. The van der Waals surface area contributed by atoms with Gasteiger partial charge in [-0.15, -0.1) is 0 Å². The van der Waals surface area contributed by atoms with Gasteiger partial charge in [-0.2, -0.15) is 0 Å². The van der Waals surface area contributed by atoms with Crippen LogP contribution in [0.25, 0.3) is 10.9 Å². The summed E-state index contributed by atoms with van der Waals surface area (Å²) in [6, 6.07) is 14.1. The zero-order valence-electron chi connectivity index (χ0n) is 21.7. The first-order valence-corrected chi connectivity index (χ1v) is 13.4. The Bertz CT molecular complexity index is 1170. The van der Waals surface area contributed by atoms with Gasteiger partial charge in [-0.05, 0) is 63.3 Å². The average Bonchev–Trinajstić information content (AvgIpc) is 3.70. The third-order valence-corrected chi connectivity index (χ3v) is 7.03. The van der Waals surface area contributed by atoms with Crippen molar-refractivity contribution in [3.8, 4) is 0 Å². The summed E-state index contributed by atoms with van der Waals surface area (Å²) in [7, 11) is 1.72. The van der Waals surface area contributed by atoms with Crippen molar-refractivity contribution in [1.82, 2.24) is 19.4 Å². The highest BCUT2D eigenvalue weighted by Crippen LogP contribution is 2.32. The standard InChI is InChI=1S/C23H33N3O2.C6H7NO/c1-2-28-14-6-13-25-16-19(21-8-3-4-9-22(21)25)17-26(20-10-11-20)23(27)18-7-5-12-24-15-18;1-7-5-3-2-4-6(7)8/h3-4,8-9,16,18,20,24H,2,5-7,10-15,17H2,1H3;2-5H,1H3. The van der Waals surface area contributed by atoms with Gasteiger partial charge < -0.3 is 24.1 Å². The second-order valence-corrected chi connectivity index (χ2v) is 9.81. The number of piperidine rings is 1. The number of rotatable bonds is 9. The van der Waals surface area contributed by atoms with E-state index in [-0.39, 0.29) is 11.5 Å². The summed E-state index contributed by atoms with van der Waals surface area (Å²) < 4.78 is 9.37. The maximum Gasteiger partial charge on any atom is 0.250 e. The first-order valence-electron chi connectivity index (χ1n) is 13.4. The molecule has 1 N–H and O–H groups in total. The Morgan fingerprint density at radius 3 is 2.61 bits per heavy atom. The highest BCUT2D eigenvalue weighted by atomic mass is 16.5. The van der Waals surface area contributed by atoms with E-state index >= 15 is 0 Å². The molecule has 1 amide bonds. The Kier molecular flexibility index (Phi) is 9.36. The summed E-state index contributed by atoms with van der Waals surface area (Å²) in [6.45, 7) is 7.16. The highest BCUT2D eigenvalue weighted by Gasteiger charge is 2.36. The minimum atomic E-state index is 0.0347. The van der Waals surface area contributed by atoms with E-state index in [1.54, 1.807) is 19.3 Å². The number of aromatic nitrogens is 2. The van der Waals surface area contributed by atoms with Crippen molar-refractivity contribution in [3.63, 3.8) is 0 Å². The number of ether oxygens (including phenoxy) is 1. The van der Waals surface area contributed by atoms with Gasteiger partial charge in [0.05, 0.1) is 5.92 Å². The number of hydrogen-bond acceptors (Lipinski definition) is 4. The van der Waals surface area contributed by atoms with Crippen LogP contribution in [0, 0.1) is 5.92 Å². The van der Waals surface area contributed by atoms with Crippen LogP contribution in [0.1, 0.15) is 44.6 Å². The molecule has 1 aliphatic carbocycles. The molecule has 2 aromatic heterocycles. The van der Waals surface area contributed by atoms with Crippen LogP contribution in [0.5, 0.6) is 0 Å². The first-order chi connectivity index (χ1) is 17.6. The molecule has 194 valence electrons. The van der Waals surface area contributed by atoms with Crippen LogP contribution in [-0.4, -0.2) is 52.3 Å². The normalized spacial score (nSPS) is 17.4. The van der Waals surface area contributed by atoms with Gasteiger partial charge in [-0.3, -0.25) is 9.59 Å². The van der Waals surface area contributed by atoms with E-state index in [0.717, 1.165) is 71.5 Å². The summed E-state index contributed by atoms with van der Waals surface area (Å²) >= 11 is 0. The molecule has 1 aliphatic heterocycles. The lowest BCUT2D eigenvalue weighted by molar-refractivity contribution is -0.137. The van der Waals surface area contributed by atoms with Crippen LogP contribution in [-0.2, 0) is 29.7 Å². The number of amides is 1. The van der Waals surface area contributed by atoms with Gasteiger partial charge in [-0.1, -0.05) is 24.3 Å². The molecule has 7 nitrogen and oxygen atoms in total. The van der Waals surface area contributed by atoms with Crippen molar-refractivity contribution in [2.45, 2.75) is 58.2 Å². The molecule has 0 spiro atoms. The van der Waals surface area contributed by atoms with Gasteiger partial charge in [0.2, 0.25) is 11.5 Å². The zero-order chi connectivity index (χ0) is 25.3. The predicted octanol–water partition coefficient (Wildman–Crippen LogP) is 3.94. The Morgan fingerprint density at radius 2 is 1.94 bits per heavy atom. The number of benzene rings is 1. The van der Waals surface area contributed by atoms with Crippen LogP contribution in [0.2, 0.25) is 0 Å². The molecule has 7 heteroatoms. The number of carbonyl (C=O) groups excluding carboxylic acids is 1. The topological polar surface area (TPSA) is 68.5 Å². The SMILES string of the molecule is CCOCCCn1cc(CN(C(=O)C2CCCNC2)C2CC2)c2ccccc21.Cn1ccccc1=O. The molecule has 2 fully saturated rings. The molecule has 2 aliphatic rings. The fourth-order valence-corrected chi connectivity index (χ4v) is 4.88. The van der Waals surface area contributed by atoms with Crippen LogP contribution in [0.4, 0.5) is 0 Å². The number of nitrogens with one attached hydrogen (secondary N) is 1. The molecule has 1 unspecified atom stereocenters. The van der Waals surface area contributed by atoms with Gasteiger partial charge in [0.1, 0.15) is 0 Å². The molecule has 1 aromatic carbocycles. The molecule has 1 saturated carbocycles. The smallest absolute Gasteiger partial charge is 0.250 e. The van der Waals surface area contributed by atoms with Crippen molar-refractivity contribution in [2.24, 2.45) is 13.0 Å². The zero-order valence-corrected chi connectivity index (χ0v) is 21.7. The predicted molar refractivity (Wildman–Crippen MR) is 144 cm³/mol. The number of hydrogen-bond donors (Lipinski definition) is 1. The van der Waals surface area contributed by atoms with E-state index in [4.69, 9.17) is 4.74 Å². The van der Waals surface area contributed by atoms with E-state index in [1.165, 1.54) is 27.1 Å². The largest absolute Gasteiger partial charge is 0.382 e. The van der Waals surface area contributed by atoms with Crippen LogP contribution in [0.3, 0.4) is 0 Å². The van der Waals surface area contributed by atoms with Crippen molar-refractivity contribution in [2.75, 3.05) is 26.3 Å². The summed E-state index contributed by atoms with van der Waals surface area (Å²) in [6.07, 6.45) is 9.42. The maximum atomic E-state index is 13.2. The maximum absolute atomic E-state index is 13.2. The third kappa shape index (κ3) is 6.86. The lowest BCUT2D eigenvalue weighted by Gasteiger charge is -2.29. The van der Waals surface area contributed by atoms with Crippen molar-refractivity contribution in [1.29, 1.82) is 0 Å². The number of fused-ring (bicyclic) bond motifs is 1. The molecule has 3 heterocycles. The highest BCUT2D eigenvalue weighted by molar-refractivity contribution is 5.85. The number of para-hydroxylation sites is 1. The molecule has 1 atom stereocenters. The first kappa shape index (κ1) is 26.2. The van der Waals surface area contributed by atoms with Gasteiger partial charge in [-0.25, -0.2) is 0 Å². The van der Waals surface area contributed by atoms with Crippen molar-refractivity contribution < 1.29 is 9.53 Å². The molecule has 0 radical (unpaired) electrons. The Labute approximate surface area is 214 Å². The van der Waals surface area contributed by atoms with E-state index in [2.05, 4.69) is 45.2 Å². The number of aryl methyl sites for hydroxylation is 2. The van der Waals surface area contributed by atoms with E-state index < -0.39 is 0 Å². The molecular formula is C29H40N4O3. The fraction of sp³-hybridized carbons (Fsp3) is 0.517. The molecule has 1 saturated heterocycles. The third-order valence-electron chi connectivity index (χ3n) is 7.03. The molecular weight excluding hydrogens is 452 g/mol. The Morgan fingerprint density at radius 1 is 1.14 bits per heavy atom. The molecule has 5 rings (SSSR count). The second-order valence-electron chi connectivity index (χ2n) is 9.81. The van der Waals surface area contributed by atoms with E-state index in [9.17, 15) is 9.59 Å². The van der Waals surface area contributed by atoms with Crippen molar-refractivity contribution in [3.05, 3.63) is 70.8 Å². The van der Waals surface area contributed by atoms with E-state index in [1.807, 2.05) is 13.0 Å². The van der Waals surface area contributed by atoms with Crippen LogP contribution in [0.15, 0.2) is 59.7 Å². The minimum absolute atomic E-state index is 0.0347. The molecule has 0 bridgehead atoms. The minimum Gasteiger partial charge on any atom is -0.382 e. The second kappa shape index (κ2) is 12.9. The summed E-state index contributed by atoms with van der Waals surface area (Å²) in [4.78, 5) is 26.0. The lowest BCUT2D eigenvalue weighted by atomic mass is 9.97. The van der Waals surface area contributed by atoms with Gasteiger partial charge in [0.15, 0.2) is 0 Å². The van der Waals surface area contributed by atoms with Crippen LogP contribution < -0.4 is 10.9 Å². The van der Waals surface area contributed by atoms with E-state index in [0.29, 0.717) is 11.9 Å². The summed E-state index contributed by atoms with van der Waals surface area (Å²) in [5, 5.41) is 4.67. The molecule has 36 heavy (non-hydrogen) atoms. The molecule has 3 aromatic rings. The van der Waals surface area contributed by atoms with Gasteiger partial charge in [0.25, 0.3) is 0 Å². The number of carbonyl (C=O) groups is 1. The quantitative estimate of drug-likeness (QED) is 0.460. The van der Waals surface area contributed by atoms with Crippen LogP contribution >= 0.6 is 0 Å². The summed E-state index contributed by atoms with van der Waals surface area (Å²) in [5.41, 5.74) is 2.57.